The van der Waals surface area contributed by atoms with Crippen LogP contribution in [0.15, 0.2) is 71.1 Å². The Hall–Kier alpha value is -2.70. The summed E-state index contributed by atoms with van der Waals surface area (Å²) in [5.41, 5.74) is 2.77. The summed E-state index contributed by atoms with van der Waals surface area (Å²) in [6.07, 6.45) is 0. The maximum atomic E-state index is 13.4. The number of benzene rings is 3. The van der Waals surface area contributed by atoms with Gasteiger partial charge in [-0.15, -0.1) is 0 Å². The van der Waals surface area contributed by atoms with Crippen molar-refractivity contribution in [3.63, 3.8) is 0 Å². The van der Waals surface area contributed by atoms with Gasteiger partial charge in [-0.25, -0.2) is 4.98 Å². The molecule has 1 fully saturated rings. The third-order valence-corrected chi connectivity index (χ3v) is 6.98. The predicted molar refractivity (Wildman–Crippen MR) is 142 cm³/mol. The van der Waals surface area contributed by atoms with Crippen LogP contribution in [0.25, 0.3) is 22.6 Å². The van der Waals surface area contributed by atoms with Crippen LogP contribution in [0.1, 0.15) is 10.7 Å². The van der Waals surface area contributed by atoms with Crippen LogP contribution < -0.4 is 4.90 Å². The van der Waals surface area contributed by atoms with Gasteiger partial charge in [-0.3, -0.25) is 4.79 Å². The first kappa shape index (κ1) is 24.0. The van der Waals surface area contributed by atoms with E-state index in [0.29, 0.717) is 63.3 Å². The third kappa shape index (κ3) is 5.00. The summed E-state index contributed by atoms with van der Waals surface area (Å²) in [5, 5.41) is 2.19. The van der Waals surface area contributed by atoms with Crippen LogP contribution in [0.3, 0.4) is 0 Å². The van der Waals surface area contributed by atoms with Crippen molar-refractivity contribution in [2.24, 2.45) is 0 Å². The summed E-state index contributed by atoms with van der Waals surface area (Å²) in [4.78, 5) is 21.9. The molecular formula is C26H19Cl4N3O2. The van der Waals surface area contributed by atoms with Crippen molar-refractivity contribution in [1.29, 1.82) is 0 Å². The molecule has 0 bridgehead atoms. The Bertz CT molecular complexity index is 1380. The number of oxazole rings is 1. The molecule has 0 spiro atoms. The van der Waals surface area contributed by atoms with Gasteiger partial charge in [0.15, 0.2) is 5.76 Å². The summed E-state index contributed by atoms with van der Waals surface area (Å²) in [6.45, 7) is 2.33. The summed E-state index contributed by atoms with van der Waals surface area (Å²) < 4.78 is 6.05. The fraction of sp³-hybridized carbons (Fsp3) is 0.154. The van der Waals surface area contributed by atoms with Crippen LogP contribution in [-0.4, -0.2) is 42.0 Å². The number of halogens is 4. The summed E-state index contributed by atoms with van der Waals surface area (Å²) >= 11 is 25.0. The number of hydrogen-bond donors (Lipinski definition) is 0. The molecule has 9 heteroatoms. The highest BCUT2D eigenvalue weighted by molar-refractivity contribution is 6.36. The number of carbonyl (C=O) groups excluding carboxylic acids is 1. The van der Waals surface area contributed by atoms with Gasteiger partial charge in [-0.05, 0) is 54.6 Å². The van der Waals surface area contributed by atoms with E-state index in [1.807, 2.05) is 36.4 Å². The average Bonchev–Trinajstić information content (AvgIpc) is 3.29. The Labute approximate surface area is 222 Å². The van der Waals surface area contributed by atoms with Gasteiger partial charge in [0.25, 0.3) is 5.89 Å². The molecule has 1 aliphatic rings. The van der Waals surface area contributed by atoms with Gasteiger partial charge in [-0.2, -0.15) is 0 Å². The summed E-state index contributed by atoms with van der Waals surface area (Å²) in [7, 11) is 0. The van der Waals surface area contributed by atoms with Crippen molar-refractivity contribution in [2.45, 2.75) is 0 Å². The second-order valence-corrected chi connectivity index (χ2v) is 9.75. The highest BCUT2D eigenvalue weighted by Gasteiger charge is 2.29. The number of anilines is 1. The zero-order valence-electron chi connectivity index (χ0n) is 18.3. The molecule has 0 saturated carbocycles. The molecule has 1 saturated heterocycles. The van der Waals surface area contributed by atoms with E-state index in [1.165, 1.54) is 0 Å². The van der Waals surface area contributed by atoms with Crippen LogP contribution in [0, 0.1) is 0 Å². The Morgan fingerprint density at radius 1 is 0.800 bits per heavy atom. The van der Waals surface area contributed by atoms with Crippen molar-refractivity contribution >= 4 is 58.0 Å². The normalized spacial score (nSPS) is 13.8. The van der Waals surface area contributed by atoms with E-state index < -0.39 is 0 Å². The summed E-state index contributed by atoms with van der Waals surface area (Å²) in [5.74, 6) is 0.154. The largest absolute Gasteiger partial charge is 0.432 e. The van der Waals surface area contributed by atoms with Crippen LogP contribution >= 0.6 is 46.4 Å². The number of amides is 1. The van der Waals surface area contributed by atoms with E-state index in [-0.39, 0.29) is 11.8 Å². The molecular weight excluding hydrogens is 528 g/mol. The SMILES string of the molecule is O=C(c1nc(-c2ccc(Cl)cc2Cl)c(-c2ccc(Cl)cc2)o1)N1CCN(c2ccccc2Cl)CC1. The Balaban J connectivity index is 1.44. The van der Waals surface area contributed by atoms with Crippen molar-refractivity contribution in [3.05, 3.63) is 92.7 Å². The van der Waals surface area contributed by atoms with Gasteiger partial charge in [0.1, 0.15) is 5.69 Å². The quantitative estimate of drug-likeness (QED) is 0.264. The van der Waals surface area contributed by atoms with E-state index in [4.69, 9.17) is 50.8 Å². The van der Waals surface area contributed by atoms with Gasteiger partial charge in [0.05, 0.1) is 15.7 Å². The lowest BCUT2D eigenvalue weighted by molar-refractivity contribution is 0.0707. The van der Waals surface area contributed by atoms with Gasteiger partial charge >= 0.3 is 5.91 Å². The van der Waals surface area contributed by atoms with E-state index >= 15 is 0 Å². The van der Waals surface area contributed by atoms with E-state index in [0.717, 1.165) is 11.3 Å². The van der Waals surface area contributed by atoms with Crippen LogP contribution in [0.2, 0.25) is 20.1 Å². The molecule has 0 atom stereocenters. The van der Waals surface area contributed by atoms with Gasteiger partial charge in [0.2, 0.25) is 0 Å². The second-order valence-electron chi connectivity index (χ2n) is 8.06. The van der Waals surface area contributed by atoms with Crippen molar-refractivity contribution in [2.75, 3.05) is 31.1 Å². The van der Waals surface area contributed by atoms with Crippen molar-refractivity contribution in [1.82, 2.24) is 9.88 Å². The predicted octanol–water partition coefficient (Wildman–Crippen LogP) is 7.58. The lowest BCUT2D eigenvalue weighted by Gasteiger charge is -2.35. The van der Waals surface area contributed by atoms with Gasteiger partial charge in [0, 0.05) is 47.4 Å². The molecule has 0 unspecified atom stereocenters. The van der Waals surface area contributed by atoms with E-state index in [1.54, 1.807) is 35.2 Å². The minimum Gasteiger partial charge on any atom is -0.432 e. The Morgan fingerprint density at radius 2 is 1.49 bits per heavy atom. The monoisotopic (exact) mass is 545 g/mol. The van der Waals surface area contributed by atoms with Crippen molar-refractivity contribution < 1.29 is 9.21 Å². The number of aromatic nitrogens is 1. The zero-order chi connectivity index (χ0) is 24.5. The third-order valence-electron chi connectivity index (χ3n) is 5.86. The first-order valence-corrected chi connectivity index (χ1v) is 12.4. The summed E-state index contributed by atoms with van der Waals surface area (Å²) in [6, 6.07) is 19.9. The molecule has 35 heavy (non-hydrogen) atoms. The van der Waals surface area contributed by atoms with Gasteiger partial charge < -0.3 is 14.2 Å². The molecule has 1 aliphatic heterocycles. The number of para-hydroxylation sites is 1. The van der Waals surface area contributed by atoms with E-state index in [9.17, 15) is 4.79 Å². The molecule has 0 N–H and O–H groups in total. The lowest BCUT2D eigenvalue weighted by atomic mass is 10.1. The molecule has 0 radical (unpaired) electrons. The topological polar surface area (TPSA) is 49.6 Å². The minimum absolute atomic E-state index is 0.00200. The van der Waals surface area contributed by atoms with E-state index in [2.05, 4.69) is 9.88 Å². The maximum Gasteiger partial charge on any atom is 0.309 e. The highest BCUT2D eigenvalue weighted by atomic mass is 35.5. The number of rotatable bonds is 4. The fourth-order valence-electron chi connectivity index (χ4n) is 4.07. The highest BCUT2D eigenvalue weighted by Crippen LogP contribution is 2.38. The number of nitrogens with zero attached hydrogens (tertiary/aromatic N) is 3. The lowest BCUT2D eigenvalue weighted by Crippen LogP contribution is -2.49. The molecule has 5 nitrogen and oxygen atoms in total. The minimum atomic E-state index is -0.282. The number of piperazine rings is 1. The Morgan fingerprint density at radius 3 is 2.17 bits per heavy atom. The standard InChI is InChI=1S/C26H19Cl4N3O2/c27-17-7-5-16(6-8-17)24-23(19-10-9-18(28)15-21(19)30)31-25(35-24)26(34)33-13-11-32(12-14-33)22-4-2-1-3-20(22)29/h1-10,15H,11-14H2. The first-order chi connectivity index (χ1) is 16.9. The molecule has 2 heterocycles. The van der Waals surface area contributed by atoms with Crippen LogP contribution in [0.5, 0.6) is 0 Å². The molecule has 178 valence electrons. The molecule has 5 rings (SSSR count). The Kier molecular flexibility index (Phi) is 6.94. The second kappa shape index (κ2) is 10.1. The number of hydrogen-bond acceptors (Lipinski definition) is 4. The van der Waals surface area contributed by atoms with Crippen LogP contribution in [0.4, 0.5) is 5.69 Å². The smallest absolute Gasteiger partial charge is 0.309 e. The molecule has 0 aliphatic carbocycles. The number of carbonyl (C=O) groups is 1. The maximum absolute atomic E-state index is 13.4. The fourth-order valence-corrected chi connectivity index (χ4v) is 4.95. The van der Waals surface area contributed by atoms with Crippen molar-refractivity contribution in [3.8, 4) is 22.6 Å². The van der Waals surface area contributed by atoms with Crippen LogP contribution in [-0.2, 0) is 0 Å². The van der Waals surface area contributed by atoms with Gasteiger partial charge in [-0.1, -0.05) is 58.5 Å². The molecule has 3 aromatic carbocycles. The average molecular weight is 547 g/mol. The molecule has 1 aromatic heterocycles. The molecule has 4 aromatic rings. The first-order valence-electron chi connectivity index (χ1n) is 10.9. The molecule has 1 amide bonds. The zero-order valence-corrected chi connectivity index (χ0v) is 21.4.